The molecule has 0 unspecified atom stereocenters. The molecule has 0 saturated carbocycles. The molecule has 1 rings (SSSR count). The maximum atomic E-state index is 6.21. The van der Waals surface area contributed by atoms with Crippen LogP contribution in [-0.2, 0) is 5.41 Å². The van der Waals surface area contributed by atoms with Gasteiger partial charge in [-0.1, -0.05) is 31.5 Å². The van der Waals surface area contributed by atoms with E-state index in [4.69, 9.17) is 27.9 Å². The molecule has 0 aliphatic rings. The van der Waals surface area contributed by atoms with Crippen molar-refractivity contribution in [2.75, 3.05) is 13.0 Å². The zero-order valence-electron chi connectivity index (χ0n) is 9.31. The van der Waals surface area contributed by atoms with E-state index in [0.717, 1.165) is 22.8 Å². The van der Waals surface area contributed by atoms with Crippen LogP contribution in [0.15, 0.2) is 18.2 Å². The number of alkyl halides is 1. The van der Waals surface area contributed by atoms with Gasteiger partial charge in [0.2, 0.25) is 0 Å². The van der Waals surface area contributed by atoms with Crippen molar-refractivity contribution >= 4 is 23.2 Å². The van der Waals surface area contributed by atoms with Crippen molar-refractivity contribution in [3.05, 3.63) is 28.8 Å². The third-order valence-corrected chi connectivity index (χ3v) is 3.13. The highest BCUT2D eigenvalue weighted by atomic mass is 35.5. The van der Waals surface area contributed by atoms with Gasteiger partial charge in [0.1, 0.15) is 5.75 Å². The average Bonchev–Trinajstić information content (AvgIpc) is 2.17. The summed E-state index contributed by atoms with van der Waals surface area (Å²) in [7, 11) is 1.63. The molecular formula is C12H16Cl2O. The number of methoxy groups -OCH3 is 1. The highest BCUT2D eigenvalue weighted by molar-refractivity contribution is 6.31. The van der Waals surface area contributed by atoms with E-state index >= 15 is 0 Å². The maximum Gasteiger partial charge on any atom is 0.120 e. The van der Waals surface area contributed by atoms with Crippen molar-refractivity contribution in [3.8, 4) is 5.75 Å². The molecule has 3 heteroatoms. The molecule has 0 atom stereocenters. The van der Waals surface area contributed by atoms with Gasteiger partial charge in [-0.05, 0) is 29.5 Å². The van der Waals surface area contributed by atoms with Crippen molar-refractivity contribution in [2.24, 2.45) is 0 Å². The van der Waals surface area contributed by atoms with Crippen LogP contribution >= 0.6 is 23.2 Å². The third-order valence-electron chi connectivity index (χ3n) is 2.62. The zero-order chi connectivity index (χ0) is 11.5. The fourth-order valence-corrected chi connectivity index (χ4v) is 2.44. The van der Waals surface area contributed by atoms with Crippen molar-refractivity contribution in [1.82, 2.24) is 0 Å². The molecule has 0 amide bonds. The Morgan fingerprint density at radius 1 is 1.33 bits per heavy atom. The van der Waals surface area contributed by atoms with Crippen LogP contribution in [0.3, 0.4) is 0 Å². The zero-order valence-corrected chi connectivity index (χ0v) is 10.8. The minimum Gasteiger partial charge on any atom is -0.497 e. The predicted octanol–water partition coefficient (Wildman–Crippen LogP) is 4.26. The van der Waals surface area contributed by atoms with E-state index < -0.39 is 0 Å². The Morgan fingerprint density at radius 2 is 2.00 bits per heavy atom. The molecule has 15 heavy (non-hydrogen) atoms. The Bertz CT molecular complexity index is 334. The second-order valence-corrected chi connectivity index (χ2v) is 4.95. The summed E-state index contributed by atoms with van der Waals surface area (Å²) in [4.78, 5) is 0. The molecule has 1 nitrogen and oxygen atoms in total. The van der Waals surface area contributed by atoms with E-state index in [0.29, 0.717) is 5.88 Å². The topological polar surface area (TPSA) is 9.23 Å². The minimum atomic E-state index is 0.00506. The van der Waals surface area contributed by atoms with E-state index in [1.807, 2.05) is 18.2 Å². The van der Waals surface area contributed by atoms with Crippen LogP contribution in [0, 0.1) is 0 Å². The monoisotopic (exact) mass is 246 g/mol. The molecule has 0 aromatic heterocycles. The van der Waals surface area contributed by atoms with Crippen molar-refractivity contribution < 1.29 is 4.74 Å². The Labute approximate surface area is 101 Å². The quantitative estimate of drug-likeness (QED) is 0.722. The molecule has 0 spiro atoms. The van der Waals surface area contributed by atoms with E-state index in [9.17, 15) is 0 Å². The molecule has 84 valence electrons. The molecule has 0 aliphatic carbocycles. The second kappa shape index (κ2) is 5.09. The van der Waals surface area contributed by atoms with Gasteiger partial charge in [-0.15, -0.1) is 11.6 Å². The molecule has 0 fully saturated rings. The fourth-order valence-electron chi connectivity index (χ4n) is 1.54. The summed E-state index contributed by atoms with van der Waals surface area (Å²) in [6.07, 6.45) is 0.903. The number of rotatable bonds is 4. The van der Waals surface area contributed by atoms with Gasteiger partial charge in [-0.3, -0.25) is 0 Å². The Balaban J connectivity index is 3.04. The highest BCUT2D eigenvalue weighted by Gasteiger charge is 2.22. The molecule has 1 aromatic rings. The molecule has 0 aliphatic heterocycles. The van der Waals surface area contributed by atoms with Crippen LogP contribution in [-0.4, -0.2) is 13.0 Å². The lowest BCUT2D eigenvalue weighted by Crippen LogP contribution is -2.18. The first-order chi connectivity index (χ1) is 7.01. The van der Waals surface area contributed by atoms with Crippen LogP contribution in [0.2, 0.25) is 5.02 Å². The van der Waals surface area contributed by atoms with Gasteiger partial charge in [0.25, 0.3) is 0 Å². The standard InChI is InChI=1S/C12H16Cl2O/c1-12(2,6-7-13)10-5-4-9(15-3)8-11(10)14/h4-5,8H,6-7H2,1-3H3. The summed E-state index contributed by atoms with van der Waals surface area (Å²) >= 11 is 12.0. The largest absolute Gasteiger partial charge is 0.497 e. The molecule has 0 radical (unpaired) electrons. The first-order valence-electron chi connectivity index (χ1n) is 4.91. The average molecular weight is 247 g/mol. The van der Waals surface area contributed by atoms with Gasteiger partial charge in [-0.25, -0.2) is 0 Å². The van der Waals surface area contributed by atoms with Crippen molar-refractivity contribution in [2.45, 2.75) is 25.7 Å². The summed E-state index contributed by atoms with van der Waals surface area (Å²) in [6, 6.07) is 5.78. The highest BCUT2D eigenvalue weighted by Crippen LogP contribution is 2.34. The molecule has 1 aromatic carbocycles. The van der Waals surface area contributed by atoms with Gasteiger partial charge >= 0.3 is 0 Å². The van der Waals surface area contributed by atoms with Crippen LogP contribution in [0.1, 0.15) is 25.8 Å². The number of hydrogen-bond acceptors (Lipinski definition) is 1. The molecule has 0 heterocycles. The van der Waals surface area contributed by atoms with Gasteiger partial charge in [-0.2, -0.15) is 0 Å². The second-order valence-electron chi connectivity index (χ2n) is 4.17. The molecule has 0 bridgehead atoms. The van der Waals surface area contributed by atoms with E-state index in [1.54, 1.807) is 7.11 Å². The predicted molar refractivity (Wildman–Crippen MR) is 66.4 cm³/mol. The number of ether oxygens (including phenoxy) is 1. The first-order valence-corrected chi connectivity index (χ1v) is 5.82. The van der Waals surface area contributed by atoms with Crippen molar-refractivity contribution in [3.63, 3.8) is 0 Å². The number of halogens is 2. The summed E-state index contributed by atoms with van der Waals surface area (Å²) in [5, 5.41) is 0.740. The van der Waals surface area contributed by atoms with Crippen LogP contribution in [0.5, 0.6) is 5.75 Å². The lowest BCUT2D eigenvalue weighted by atomic mass is 9.82. The van der Waals surface area contributed by atoms with Crippen molar-refractivity contribution in [1.29, 1.82) is 0 Å². The number of benzene rings is 1. The molecular weight excluding hydrogens is 231 g/mol. The van der Waals surface area contributed by atoms with E-state index in [1.165, 1.54) is 0 Å². The Morgan fingerprint density at radius 3 is 2.47 bits per heavy atom. The third kappa shape index (κ3) is 3.02. The number of hydrogen-bond donors (Lipinski definition) is 0. The SMILES string of the molecule is COc1ccc(C(C)(C)CCCl)c(Cl)c1. The first kappa shape index (κ1) is 12.7. The van der Waals surface area contributed by atoms with Gasteiger partial charge in [0.05, 0.1) is 7.11 Å². The van der Waals surface area contributed by atoms with Gasteiger partial charge in [0.15, 0.2) is 0 Å². The summed E-state index contributed by atoms with van der Waals surface area (Å²) in [5.41, 5.74) is 1.12. The van der Waals surface area contributed by atoms with E-state index in [2.05, 4.69) is 13.8 Å². The Hall–Kier alpha value is -0.400. The smallest absolute Gasteiger partial charge is 0.120 e. The summed E-state index contributed by atoms with van der Waals surface area (Å²) < 4.78 is 5.11. The van der Waals surface area contributed by atoms with Crippen LogP contribution in [0.25, 0.3) is 0 Å². The van der Waals surface area contributed by atoms with Gasteiger partial charge in [0, 0.05) is 10.9 Å². The fraction of sp³-hybridized carbons (Fsp3) is 0.500. The Kier molecular flexibility index (Phi) is 4.30. The lowest BCUT2D eigenvalue weighted by molar-refractivity contribution is 0.414. The van der Waals surface area contributed by atoms with Crippen LogP contribution < -0.4 is 4.74 Å². The van der Waals surface area contributed by atoms with Crippen LogP contribution in [0.4, 0.5) is 0 Å². The molecule has 0 saturated heterocycles. The normalized spacial score (nSPS) is 11.5. The minimum absolute atomic E-state index is 0.00506. The summed E-state index contributed by atoms with van der Waals surface area (Å²) in [5.74, 6) is 1.42. The lowest BCUT2D eigenvalue weighted by Gasteiger charge is -2.25. The summed E-state index contributed by atoms with van der Waals surface area (Å²) in [6.45, 7) is 4.28. The maximum absolute atomic E-state index is 6.21. The van der Waals surface area contributed by atoms with Gasteiger partial charge < -0.3 is 4.74 Å². The molecule has 0 N–H and O–H groups in total. The van der Waals surface area contributed by atoms with E-state index in [-0.39, 0.29) is 5.41 Å².